The molecule has 0 saturated heterocycles. The Morgan fingerprint density at radius 1 is 0.310 bits per heavy atom. The summed E-state index contributed by atoms with van der Waals surface area (Å²) in [6.45, 7) is 2.23. The zero-order chi connectivity index (χ0) is 38.1. The molecule has 0 bridgehead atoms. The van der Waals surface area contributed by atoms with Crippen LogP contribution in [-0.4, -0.2) is 9.13 Å². The van der Waals surface area contributed by atoms with E-state index in [0.29, 0.717) is 0 Å². The second-order valence-electron chi connectivity index (χ2n) is 16.1. The van der Waals surface area contributed by atoms with Gasteiger partial charge in [0.1, 0.15) is 0 Å². The molecule has 0 fully saturated rings. The highest BCUT2D eigenvalue weighted by Gasteiger charge is 2.51. The zero-order valence-corrected chi connectivity index (χ0v) is 31.9. The topological polar surface area (TPSA) is 9.86 Å². The molecule has 58 heavy (non-hydrogen) atoms. The Hall–Kier alpha value is -7.42. The molecule has 0 N–H and O–H groups in total. The van der Waals surface area contributed by atoms with Crippen LogP contribution in [0.5, 0.6) is 0 Å². The summed E-state index contributed by atoms with van der Waals surface area (Å²) in [5.74, 6) is 0. The fourth-order valence-corrected chi connectivity index (χ4v) is 10.9. The van der Waals surface area contributed by atoms with E-state index in [1.165, 1.54) is 105 Å². The van der Waals surface area contributed by atoms with Gasteiger partial charge in [0, 0.05) is 32.9 Å². The van der Waals surface area contributed by atoms with Crippen molar-refractivity contribution in [1.82, 2.24) is 9.13 Å². The molecule has 1 spiro atoms. The van der Waals surface area contributed by atoms with Gasteiger partial charge in [-0.2, -0.15) is 0 Å². The van der Waals surface area contributed by atoms with Crippen LogP contribution < -0.4 is 0 Å². The van der Waals surface area contributed by atoms with Crippen molar-refractivity contribution in [3.05, 3.63) is 228 Å². The first kappa shape index (κ1) is 31.7. The minimum atomic E-state index is -0.417. The van der Waals surface area contributed by atoms with Crippen LogP contribution >= 0.6 is 0 Å². The first-order valence-corrected chi connectivity index (χ1v) is 20.3. The fourth-order valence-electron chi connectivity index (χ4n) is 10.9. The Morgan fingerprint density at radius 3 is 1.21 bits per heavy atom. The van der Waals surface area contributed by atoms with Crippen molar-refractivity contribution < 1.29 is 0 Å². The standard InChI is InChI=1S/C56H36N2/c1-35-26-28-42-43-29-27-36(33-51(43)56(50(42)30-35)48-20-8-2-14-40(48)41-15-3-9-21-49(41)56)37-31-38(57-52-22-10-4-16-44(52)45-17-5-11-23-53(45)57)34-39(32-37)58-54-24-12-6-18-46(54)47-19-7-13-25-55(47)58/h2-34H,1H3. The monoisotopic (exact) mass is 736 g/mol. The first-order valence-electron chi connectivity index (χ1n) is 20.3. The Morgan fingerprint density at radius 2 is 0.707 bits per heavy atom. The lowest BCUT2D eigenvalue weighted by Gasteiger charge is -2.31. The van der Waals surface area contributed by atoms with Gasteiger partial charge < -0.3 is 9.13 Å². The summed E-state index contributed by atoms with van der Waals surface area (Å²) in [5.41, 5.74) is 21.1. The first-order chi connectivity index (χ1) is 28.7. The summed E-state index contributed by atoms with van der Waals surface area (Å²) in [6.07, 6.45) is 0. The average Bonchev–Trinajstić information content (AvgIpc) is 3.98. The van der Waals surface area contributed by atoms with E-state index in [1.54, 1.807) is 0 Å². The Kier molecular flexibility index (Phi) is 6.33. The summed E-state index contributed by atoms with van der Waals surface area (Å²) in [7, 11) is 0. The molecule has 0 atom stereocenters. The highest BCUT2D eigenvalue weighted by molar-refractivity contribution is 6.11. The van der Waals surface area contributed by atoms with Crippen molar-refractivity contribution in [2.45, 2.75) is 12.3 Å². The molecule has 270 valence electrons. The number of benzene rings is 9. The van der Waals surface area contributed by atoms with Crippen LogP contribution in [0.2, 0.25) is 0 Å². The van der Waals surface area contributed by atoms with E-state index < -0.39 is 5.41 Å². The maximum Gasteiger partial charge on any atom is 0.0725 e. The molecule has 13 rings (SSSR count). The number of fused-ring (bicyclic) bond motifs is 16. The molecule has 0 amide bonds. The maximum absolute atomic E-state index is 2.52. The molecule has 0 radical (unpaired) electrons. The SMILES string of the molecule is Cc1ccc2c(c1)C1(c3ccccc3-c3ccccc31)c1cc(-c3cc(-n4c5ccccc5c5ccccc54)cc(-n4c5ccccc5c5ccccc54)c3)ccc1-2. The van der Waals surface area contributed by atoms with Gasteiger partial charge in [-0.3, -0.25) is 0 Å². The number of para-hydroxylation sites is 4. The van der Waals surface area contributed by atoms with E-state index >= 15 is 0 Å². The van der Waals surface area contributed by atoms with Gasteiger partial charge in [0.05, 0.1) is 27.5 Å². The van der Waals surface area contributed by atoms with Gasteiger partial charge >= 0.3 is 0 Å². The predicted molar refractivity (Wildman–Crippen MR) is 242 cm³/mol. The molecule has 0 aliphatic heterocycles. The van der Waals surface area contributed by atoms with E-state index in [-0.39, 0.29) is 0 Å². The summed E-state index contributed by atoms with van der Waals surface area (Å²) >= 11 is 0. The van der Waals surface area contributed by atoms with Crippen LogP contribution in [0.4, 0.5) is 0 Å². The average molecular weight is 737 g/mol. The van der Waals surface area contributed by atoms with Crippen molar-refractivity contribution >= 4 is 43.6 Å². The molecule has 2 nitrogen and oxygen atoms in total. The van der Waals surface area contributed by atoms with Crippen LogP contribution in [0.25, 0.3) is 88.4 Å². The molecule has 2 heterocycles. The third kappa shape index (κ3) is 4.06. The second kappa shape index (κ2) is 11.6. The summed E-state index contributed by atoms with van der Waals surface area (Å²) < 4.78 is 4.92. The van der Waals surface area contributed by atoms with E-state index in [9.17, 15) is 0 Å². The molecule has 9 aromatic carbocycles. The number of rotatable bonds is 3. The van der Waals surface area contributed by atoms with Crippen LogP contribution in [0.15, 0.2) is 200 Å². The lowest BCUT2D eigenvalue weighted by molar-refractivity contribution is 0.793. The van der Waals surface area contributed by atoms with Crippen LogP contribution in [0.1, 0.15) is 27.8 Å². The number of aryl methyl sites for hydroxylation is 1. The maximum atomic E-state index is 2.52. The summed E-state index contributed by atoms with van der Waals surface area (Å²) in [4.78, 5) is 0. The quantitative estimate of drug-likeness (QED) is 0.171. The van der Waals surface area contributed by atoms with Gasteiger partial charge in [-0.15, -0.1) is 0 Å². The van der Waals surface area contributed by atoms with Gasteiger partial charge in [-0.25, -0.2) is 0 Å². The van der Waals surface area contributed by atoms with Gasteiger partial charge in [0.15, 0.2) is 0 Å². The van der Waals surface area contributed by atoms with Gasteiger partial charge in [0.2, 0.25) is 0 Å². The van der Waals surface area contributed by atoms with Crippen LogP contribution in [-0.2, 0) is 5.41 Å². The lowest BCUT2D eigenvalue weighted by atomic mass is 9.70. The predicted octanol–water partition coefficient (Wildman–Crippen LogP) is 14.2. The fraction of sp³-hybridized carbons (Fsp3) is 0.0357. The van der Waals surface area contributed by atoms with Gasteiger partial charge in [-0.1, -0.05) is 157 Å². The van der Waals surface area contributed by atoms with Gasteiger partial charge in [-0.05, 0) is 111 Å². The van der Waals surface area contributed by atoms with Crippen LogP contribution in [0.3, 0.4) is 0 Å². The number of hydrogen-bond donors (Lipinski definition) is 0. The molecular weight excluding hydrogens is 701 g/mol. The number of aromatic nitrogens is 2. The van der Waals surface area contributed by atoms with E-state index in [0.717, 1.165) is 11.4 Å². The van der Waals surface area contributed by atoms with Crippen molar-refractivity contribution in [3.8, 4) is 44.8 Å². The van der Waals surface area contributed by atoms with Gasteiger partial charge in [0.25, 0.3) is 0 Å². The normalized spacial score (nSPS) is 13.4. The largest absolute Gasteiger partial charge is 0.309 e. The summed E-state index contributed by atoms with van der Waals surface area (Å²) in [6, 6.07) is 75.0. The third-order valence-corrected chi connectivity index (χ3v) is 13.2. The van der Waals surface area contributed by atoms with Crippen molar-refractivity contribution in [2.75, 3.05) is 0 Å². The Labute approximate surface area is 336 Å². The highest BCUT2D eigenvalue weighted by Crippen LogP contribution is 2.63. The Bertz CT molecular complexity index is 3250. The molecule has 0 saturated carbocycles. The number of nitrogens with zero attached hydrogens (tertiary/aromatic N) is 2. The van der Waals surface area contributed by atoms with Crippen molar-refractivity contribution in [1.29, 1.82) is 0 Å². The highest BCUT2D eigenvalue weighted by atomic mass is 15.0. The molecule has 11 aromatic rings. The van der Waals surface area contributed by atoms with Crippen LogP contribution in [0, 0.1) is 6.92 Å². The van der Waals surface area contributed by atoms with Crippen molar-refractivity contribution in [2.24, 2.45) is 0 Å². The smallest absolute Gasteiger partial charge is 0.0725 e. The number of hydrogen-bond acceptors (Lipinski definition) is 0. The second-order valence-corrected chi connectivity index (χ2v) is 16.1. The minimum Gasteiger partial charge on any atom is -0.309 e. The molecule has 2 heteroatoms. The summed E-state index contributed by atoms with van der Waals surface area (Å²) in [5, 5.41) is 5.03. The molecule has 2 aromatic heterocycles. The van der Waals surface area contributed by atoms with Crippen molar-refractivity contribution in [3.63, 3.8) is 0 Å². The molecule has 0 unspecified atom stereocenters. The van der Waals surface area contributed by atoms with E-state index in [4.69, 9.17) is 0 Å². The molecule has 2 aliphatic carbocycles. The van der Waals surface area contributed by atoms with E-state index in [2.05, 4.69) is 216 Å². The zero-order valence-electron chi connectivity index (χ0n) is 31.9. The van der Waals surface area contributed by atoms with E-state index in [1.807, 2.05) is 0 Å². The third-order valence-electron chi connectivity index (χ3n) is 13.2. The molecule has 2 aliphatic rings. The Balaban J connectivity index is 1.13. The lowest BCUT2D eigenvalue weighted by Crippen LogP contribution is -2.26. The molecular formula is C56H36N2. The minimum absolute atomic E-state index is 0.417.